The van der Waals surface area contributed by atoms with Crippen LogP contribution in [-0.2, 0) is 4.79 Å². The third-order valence-electron chi connectivity index (χ3n) is 4.82. The zero-order chi connectivity index (χ0) is 13.7. The molecule has 1 aliphatic heterocycles. The number of H-pyrrole nitrogens is 1. The number of carboxylic acids is 1. The molecule has 2 atom stereocenters. The first-order valence-corrected chi connectivity index (χ1v) is 6.83. The second kappa shape index (κ2) is 3.91. The van der Waals surface area contributed by atoms with Gasteiger partial charge in [0.1, 0.15) is 12.1 Å². The maximum Gasteiger partial charge on any atom is 0.311 e. The minimum atomic E-state index is -0.667. The first-order valence-electron chi connectivity index (χ1n) is 6.83. The number of aliphatic carboxylic acids is 1. The van der Waals surface area contributed by atoms with E-state index >= 15 is 0 Å². The molecule has 4 rings (SSSR count). The summed E-state index contributed by atoms with van der Waals surface area (Å²) in [6.45, 7) is 1.29. The fourth-order valence-electron chi connectivity index (χ4n) is 3.80. The van der Waals surface area contributed by atoms with E-state index in [2.05, 4.69) is 25.1 Å². The summed E-state index contributed by atoms with van der Waals surface area (Å²) in [7, 11) is 0. The number of nitrogens with zero attached hydrogens (tertiary/aromatic N) is 4. The molecule has 20 heavy (non-hydrogen) atoms. The highest BCUT2D eigenvalue weighted by atomic mass is 16.4. The highest BCUT2D eigenvalue weighted by molar-refractivity contribution is 5.87. The van der Waals surface area contributed by atoms with E-state index in [4.69, 9.17) is 0 Å². The van der Waals surface area contributed by atoms with Gasteiger partial charge in [-0.25, -0.2) is 9.97 Å². The van der Waals surface area contributed by atoms with E-state index in [1.807, 2.05) is 0 Å². The minimum absolute atomic E-state index is 0.219. The molecule has 0 spiro atoms. The van der Waals surface area contributed by atoms with Crippen molar-refractivity contribution in [1.29, 1.82) is 0 Å². The first kappa shape index (κ1) is 11.6. The molecule has 1 saturated heterocycles. The maximum atomic E-state index is 11.7. The Balaban J connectivity index is 1.75. The Morgan fingerprint density at radius 3 is 3.20 bits per heavy atom. The van der Waals surface area contributed by atoms with Crippen molar-refractivity contribution in [2.45, 2.75) is 19.3 Å². The van der Waals surface area contributed by atoms with E-state index in [1.165, 1.54) is 6.33 Å². The number of aromatic amines is 1. The van der Waals surface area contributed by atoms with Gasteiger partial charge in [0, 0.05) is 13.1 Å². The first-order chi connectivity index (χ1) is 9.71. The van der Waals surface area contributed by atoms with Crippen molar-refractivity contribution >= 4 is 22.8 Å². The second-order valence-corrected chi connectivity index (χ2v) is 5.76. The fourth-order valence-corrected chi connectivity index (χ4v) is 3.80. The molecule has 2 aromatic heterocycles. The highest BCUT2D eigenvalue weighted by Gasteiger charge is 2.55. The van der Waals surface area contributed by atoms with Gasteiger partial charge in [-0.3, -0.25) is 9.89 Å². The van der Waals surface area contributed by atoms with Crippen molar-refractivity contribution in [2.24, 2.45) is 11.3 Å². The lowest BCUT2D eigenvalue weighted by molar-refractivity contribution is -0.149. The highest BCUT2D eigenvalue weighted by Crippen LogP contribution is 2.50. The lowest BCUT2D eigenvalue weighted by Crippen LogP contribution is -2.35. The van der Waals surface area contributed by atoms with Crippen LogP contribution in [0.15, 0.2) is 12.5 Å². The number of hydrogen-bond acceptors (Lipinski definition) is 5. The molecule has 1 aliphatic carbocycles. The summed E-state index contributed by atoms with van der Waals surface area (Å²) < 4.78 is 0. The SMILES string of the molecule is O=C(O)[C@@]12CCC[C@H]1CN(c1ncnc3[nH]ncc13)C2. The van der Waals surface area contributed by atoms with E-state index < -0.39 is 11.4 Å². The second-order valence-electron chi connectivity index (χ2n) is 5.76. The quantitative estimate of drug-likeness (QED) is 0.849. The van der Waals surface area contributed by atoms with Crippen LogP contribution in [0.1, 0.15) is 19.3 Å². The summed E-state index contributed by atoms with van der Waals surface area (Å²) in [5.41, 5.74) is 0.0949. The van der Waals surface area contributed by atoms with Crippen LogP contribution in [0.3, 0.4) is 0 Å². The average molecular weight is 273 g/mol. The van der Waals surface area contributed by atoms with Crippen molar-refractivity contribution in [3.63, 3.8) is 0 Å². The normalized spacial score (nSPS) is 29.0. The smallest absolute Gasteiger partial charge is 0.311 e. The number of anilines is 1. The van der Waals surface area contributed by atoms with Crippen LogP contribution in [0.4, 0.5) is 5.82 Å². The molecular weight excluding hydrogens is 258 g/mol. The van der Waals surface area contributed by atoms with Gasteiger partial charge >= 0.3 is 5.97 Å². The van der Waals surface area contributed by atoms with Crippen molar-refractivity contribution in [2.75, 3.05) is 18.0 Å². The van der Waals surface area contributed by atoms with Crippen LogP contribution < -0.4 is 4.90 Å². The molecule has 2 fully saturated rings. The molecule has 0 aromatic carbocycles. The van der Waals surface area contributed by atoms with E-state index in [-0.39, 0.29) is 5.92 Å². The van der Waals surface area contributed by atoms with Crippen LogP contribution in [-0.4, -0.2) is 44.3 Å². The van der Waals surface area contributed by atoms with Crippen LogP contribution in [0, 0.1) is 11.3 Å². The Morgan fingerprint density at radius 2 is 2.40 bits per heavy atom. The van der Waals surface area contributed by atoms with Gasteiger partial charge in [-0.15, -0.1) is 0 Å². The van der Waals surface area contributed by atoms with Gasteiger partial charge in [-0.2, -0.15) is 5.10 Å². The Morgan fingerprint density at radius 1 is 1.50 bits per heavy atom. The van der Waals surface area contributed by atoms with Crippen LogP contribution >= 0.6 is 0 Å². The van der Waals surface area contributed by atoms with Crippen LogP contribution in [0.5, 0.6) is 0 Å². The van der Waals surface area contributed by atoms with E-state index in [1.54, 1.807) is 6.20 Å². The van der Waals surface area contributed by atoms with E-state index in [0.29, 0.717) is 12.2 Å². The number of aromatic nitrogens is 4. The number of carbonyl (C=O) groups is 1. The van der Waals surface area contributed by atoms with Crippen LogP contribution in [0.2, 0.25) is 0 Å². The van der Waals surface area contributed by atoms with Gasteiger partial charge < -0.3 is 10.0 Å². The molecule has 2 aromatic rings. The van der Waals surface area contributed by atoms with Gasteiger partial charge in [0.2, 0.25) is 0 Å². The van der Waals surface area contributed by atoms with Crippen molar-refractivity contribution in [1.82, 2.24) is 20.2 Å². The molecular formula is C13H15N5O2. The topological polar surface area (TPSA) is 95.0 Å². The Hall–Kier alpha value is -2.18. The number of rotatable bonds is 2. The van der Waals surface area contributed by atoms with Gasteiger partial charge in [-0.05, 0) is 18.8 Å². The largest absolute Gasteiger partial charge is 0.481 e. The molecule has 0 amide bonds. The molecule has 7 nitrogen and oxygen atoms in total. The maximum absolute atomic E-state index is 11.7. The molecule has 3 heterocycles. The monoisotopic (exact) mass is 273 g/mol. The lowest BCUT2D eigenvalue weighted by Gasteiger charge is -2.23. The molecule has 104 valence electrons. The number of nitrogens with one attached hydrogen (secondary N) is 1. The zero-order valence-corrected chi connectivity index (χ0v) is 10.9. The van der Waals surface area contributed by atoms with Gasteiger partial charge in [0.05, 0.1) is 17.0 Å². The van der Waals surface area contributed by atoms with E-state index in [9.17, 15) is 9.90 Å². The van der Waals surface area contributed by atoms with Crippen LogP contribution in [0.25, 0.3) is 11.0 Å². The van der Waals surface area contributed by atoms with Crippen molar-refractivity contribution < 1.29 is 9.90 Å². The number of fused-ring (bicyclic) bond motifs is 2. The van der Waals surface area contributed by atoms with Gasteiger partial charge in [0.25, 0.3) is 0 Å². The van der Waals surface area contributed by atoms with Crippen molar-refractivity contribution in [3.05, 3.63) is 12.5 Å². The minimum Gasteiger partial charge on any atom is -0.481 e. The lowest BCUT2D eigenvalue weighted by atomic mass is 9.81. The molecule has 0 radical (unpaired) electrons. The standard InChI is InChI=1S/C13H15N5O2/c19-12(20)13-3-1-2-8(13)5-18(6-13)11-9-4-16-17-10(9)14-7-15-11/h4,7-8H,1-3,5-6H2,(H,19,20)(H,14,15,16,17)/t8-,13+/m0/s1. The summed E-state index contributed by atoms with van der Waals surface area (Å²) in [5, 5.41) is 17.3. The van der Waals surface area contributed by atoms with Gasteiger partial charge in [-0.1, -0.05) is 6.42 Å². The summed E-state index contributed by atoms with van der Waals surface area (Å²) in [6, 6.07) is 0. The Labute approximate surface area is 115 Å². The predicted octanol–water partition coefficient (Wildman–Crippen LogP) is 1.04. The molecule has 0 unspecified atom stereocenters. The third-order valence-corrected chi connectivity index (χ3v) is 4.82. The Bertz CT molecular complexity index is 684. The molecule has 0 bridgehead atoms. The summed E-state index contributed by atoms with van der Waals surface area (Å²) >= 11 is 0. The molecule has 2 aliphatic rings. The third kappa shape index (κ3) is 1.40. The number of carboxylic acid groups (broad SMARTS) is 1. The summed E-state index contributed by atoms with van der Waals surface area (Å²) in [5.74, 6) is 0.343. The zero-order valence-electron chi connectivity index (χ0n) is 10.9. The molecule has 1 saturated carbocycles. The molecule has 7 heteroatoms. The predicted molar refractivity (Wildman–Crippen MR) is 71.3 cm³/mol. The van der Waals surface area contributed by atoms with Crippen molar-refractivity contribution in [3.8, 4) is 0 Å². The summed E-state index contributed by atoms with van der Waals surface area (Å²) in [6.07, 6.45) is 5.96. The Kier molecular flexibility index (Phi) is 2.27. The summed E-state index contributed by atoms with van der Waals surface area (Å²) in [4.78, 5) is 22.3. The van der Waals surface area contributed by atoms with E-state index in [0.717, 1.165) is 37.0 Å². The average Bonchev–Trinajstić information content (AvgIpc) is 3.11. The number of hydrogen-bond donors (Lipinski definition) is 2. The fraction of sp³-hybridized carbons (Fsp3) is 0.538. The van der Waals surface area contributed by atoms with Gasteiger partial charge in [0.15, 0.2) is 5.65 Å². The molecule has 2 N–H and O–H groups in total.